The number of aromatic hydroxyl groups is 4. The Morgan fingerprint density at radius 2 is 1.38 bits per heavy atom. The zero-order valence-electron chi connectivity index (χ0n) is 13.8. The summed E-state index contributed by atoms with van der Waals surface area (Å²) in [5.41, 5.74) is 0.894. The number of phenols is 4. The fraction of sp³-hybridized carbons (Fsp3) is 0.200. The Bertz CT molecular complexity index is 715. The quantitative estimate of drug-likeness (QED) is 0.278. The number of rotatable bonds is 1. The average Bonchev–Trinajstić information content (AvgIpc) is 2.42. The molecule has 2 aromatic carbocycles. The van der Waals surface area contributed by atoms with Crippen molar-refractivity contribution in [3.05, 3.63) is 41.5 Å². The first kappa shape index (κ1) is 35.2. The van der Waals surface area contributed by atoms with Crippen LogP contribution in [0.3, 0.4) is 0 Å². The van der Waals surface area contributed by atoms with Crippen LogP contribution in [0, 0.1) is 220 Å². The minimum Gasteiger partial charge on any atom is -0.508 e. The fourth-order valence-corrected chi connectivity index (χ4v) is 2.47. The van der Waals surface area contributed by atoms with Crippen LogP contribution in [0.2, 0.25) is 0 Å². The summed E-state index contributed by atoms with van der Waals surface area (Å²) in [6.45, 7) is 0. The molecule has 5 N–H and O–H groups in total. The van der Waals surface area contributed by atoms with Gasteiger partial charge in [-0.1, -0.05) is 6.07 Å². The SMILES string of the molecule is Oc1cc(O)c2c(c1)OC(c1ccc(O)c(O)c1)C(O)C2.[Ac].[Ac].[Ac].[Ac].[Ac]. The Morgan fingerprint density at radius 1 is 0.769 bits per heavy atom. The van der Waals surface area contributed by atoms with Gasteiger partial charge in [0, 0.05) is 244 Å². The molecular formula is C15H14Ac5O6. The normalized spacial score (nSPS) is 16.7. The summed E-state index contributed by atoms with van der Waals surface area (Å²) in [5, 5.41) is 48.3. The van der Waals surface area contributed by atoms with Gasteiger partial charge < -0.3 is 30.3 Å². The Balaban J connectivity index is -0.00000106. The predicted octanol–water partition coefficient (Wildman–Crippen LogP) is 1.55. The Kier molecular flexibility index (Phi) is 22.0. The fourth-order valence-electron chi connectivity index (χ4n) is 2.47. The number of fused-ring (bicyclic) bond motifs is 1. The number of ether oxygens (including phenoxy) is 1. The van der Waals surface area contributed by atoms with Gasteiger partial charge in [-0.15, -0.1) is 0 Å². The molecule has 0 aromatic heterocycles. The van der Waals surface area contributed by atoms with E-state index in [1.165, 1.54) is 30.3 Å². The van der Waals surface area contributed by atoms with Gasteiger partial charge in [-0.05, 0) is 17.7 Å². The second kappa shape index (κ2) is 16.3. The standard InChI is InChI=1S/C15H14O6.5Ac/c16-8-4-11(18)9-6-13(20)15(21-14(9)5-8)7-1-2-10(17)12(19)3-7;;;;;/h1-5,13,15-20H,6H2;;;;;. The van der Waals surface area contributed by atoms with E-state index in [1.807, 2.05) is 0 Å². The molecule has 11 heteroatoms. The van der Waals surface area contributed by atoms with Crippen LogP contribution in [0.1, 0.15) is 17.2 Å². The van der Waals surface area contributed by atoms with Crippen LogP contribution in [0.4, 0.5) is 0 Å². The van der Waals surface area contributed by atoms with Crippen molar-refractivity contribution in [2.75, 3.05) is 0 Å². The van der Waals surface area contributed by atoms with E-state index >= 15 is 0 Å². The zero-order chi connectivity index (χ0) is 15.1. The summed E-state index contributed by atoms with van der Waals surface area (Å²) < 4.78 is 5.62. The van der Waals surface area contributed by atoms with Gasteiger partial charge in [0.1, 0.15) is 23.4 Å². The molecule has 6 nitrogen and oxygen atoms in total. The van der Waals surface area contributed by atoms with E-state index in [1.54, 1.807) is 0 Å². The van der Waals surface area contributed by atoms with Gasteiger partial charge in [-0.25, -0.2) is 0 Å². The summed E-state index contributed by atoms with van der Waals surface area (Å²) in [4.78, 5) is 0. The minimum atomic E-state index is -0.933. The van der Waals surface area contributed by atoms with Crippen molar-refractivity contribution in [1.29, 1.82) is 0 Å². The summed E-state index contributed by atoms with van der Waals surface area (Å²) in [6.07, 6.45) is -1.56. The maximum absolute atomic E-state index is 10.2. The van der Waals surface area contributed by atoms with Gasteiger partial charge in [0.2, 0.25) is 0 Å². The molecule has 2 unspecified atom stereocenters. The minimum absolute atomic E-state index is 0. The summed E-state index contributed by atoms with van der Waals surface area (Å²) in [6, 6.07) is 6.67. The number of hydrogen-bond donors (Lipinski definition) is 5. The van der Waals surface area contributed by atoms with Crippen LogP contribution < -0.4 is 4.74 Å². The number of aliphatic hydroxyl groups is 1. The molecule has 2 atom stereocenters. The third-order valence-electron chi connectivity index (χ3n) is 3.51. The molecule has 0 fully saturated rings. The van der Waals surface area contributed by atoms with Crippen molar-refractivity contribution < 1.29 is 251 Å². The molecular weight excluding hydrogens is 1410 g/mol. The summed E-state index contributed by atoms with van der Waals surface area (Å²) in [5.74, 6) is -0.589. The van der Waals surface area contributed by atoms with Crippen molar-refractivity contribution >= 4 is 0 Å². The molecule has 1 aliphatic heterocycles. The van der Waals surface area contributed by atoms with Gasteiger partial charge >= 0.3 is 0 Å². The molecule has 3 rings (SSSR count). The van der Waals surface area contributed by atoms with E-state index in [0.717, 1.165) is 0 Å². The van der Waals surface area contributed by atoms with E-state index in [-0.39, 0.29) is 255 Å². The molecule has 1 heterocycles. The first-order valence-electron chi connectivity index (χ1n) is 6.37. The maximum Gasteiger partial charge on any atom is 0.157 e. The molecule has 0 saturated heterocycles. The largest absolute Gasteiger partial charge is 0.508 e. The van der Waals surface area contributed by atoms with E-state index in [9.17, 15) is 25.5 Å². The molecule has 0 saturated carbocycles. The van der Waals surface area contributed by atoms with E-state index in [0.29, 0.717) is 11.1 Å². The van der Waals surface area contributed by atoms with Gasteiger partial charge in [0.25, 0.3) is 0 Å². The number of benzene rings is 2. The first-order chi connectivity index (χ1) is 9.95. The molecule has 1 aliphatic rings. The molecule has 5 radical (unpaired) electrons. The van der Waals surface area contributed by atoms with E-state index in [4.69, 9.17) is 4.74 Å². The molecule has 0 spiro atoms. The van der Waals surface area contributed by atoms with Crippen molar-refractivity contribution in [3.8, 4) is 28.7 Å². The molecule has 2 aromatic rings. The Hall–Kier alpha value is 4.61. The third-order valence-corrected chi connectivity index (χ3v) is 3.51. The Morgan fingerprint density at radius 3 is 1.96 bits per heavy atom. The van der Waals surface area contributed by atoms with Crippen LogP contribution in [0.5, 0.6) is 28.7 Å². The van der Waals surface area contributed by atoms with Gasteiger partial charge in [-0.2, -0.15) is 0 Å². The van der Waals surface area contributed by atoms with Gasteiger partial charge in [0.15, 0.2) is 11.5 Å². The maximum atomic E-state index is 10.2. The van der Waals surface area contributed by atoms with Crippen LogP contribution >= 0.6 is 0 Å². The summed E-state index contributed by atoms with van der Waals surface area (Å²) >= 11 is 0. The van der Waals surface area contributed by atoms with Crippen LogP contribution in [0.25, 0.3) is 0 Å². The van der Waals surface area contributed by atoms with E-state index < -0.39 is 12.2 Å². The molecule has 0 aliphatic carbocycles. The smallest absolute Gasteiger partial charge is 0.157 e. The van der Waals surface area contributed by atoms with Crippen molar-refractivity contribution in [2.45, 2.75) is 18.6 Å². The molecule has 125 valence electrons. The first-order valence-corrected chi connectivity index (χ1v) is 6.37. The monoisotopic (exact) mass is 1430 g/mol. The van der Waals surface area contributed by atoms with Crippen LogP contribution in [-0.4, -0.2) is 31.6 Å². The van der Waals surface area contributed by atoms with Gasteiger partial charge in [-0.3, -0.25) is 0 Å². The van der Waals surface area contributed by atoms with Gasteiger partial charge in [0.05, 0.1) is 6.10 Å². The van der Waals surface area contributed by atoms with E-state index in [2.05, 4.69) is 0 Å². The predicted molar refractivity (Wildman–Crippen MR) is 72.6 cm³/mol. The average molecular weight is 1430 g/mol. The van der Waals surface area contributed by atoms with Crippen LogP contribution in [0.15, 0.2) is 30.3 Å². The number of phenolic OH excluding ortho intramolecular Hbond substituents is 4. The molecule has 0 bridgehead atoms. The Labute approximate surface area is 330 Å². The second-order valence-corrected chi connectivity index (χ2v) is 5.00. The zero-order valence-corrected chi connectivity index (χ0v) is 37.5. The third kappa shape index (κ3) is 8.86. The van der Waals surface area contributed by atoms with Crippen molar-refractivity contribution in [2.24, 2.45) is 0 Å². The molecule has 26 heavy (non-hydrogen) atoms. The van der Waals surface area contributed by atoms with Crippen molar-refractivity contribution in [3.63, 3.8) is 0 Å². The summed E-state index contributed by atoms with van der Waals surface area (Å²) in [7, 11) is 0. The topological polar surface area (TPSA) is 110 Å². The van der Waals surface area contributed by atoms with Crippen molar-refractivity contribution in [1.82, 2.24) is 0 Å². The van der Waals surface area contributed by atoms with Crippen LogP contribution in [-0.2, 0) is 6.42 Å². The molecule has 0 amide bonds. The number of hydrogen-bond acceptors (Lipinski definition) is 6. The number of aliphatic hydroxyl groups excluding tert-OH is 1. The second-order valence-electron chi connectivity index (χ2n) is 5.00.